The van der Waals surface area contributed by atoms with Crippen molar-refractivity contribution >= 4 is 23.2 Å². The van der Waals surface area contributed by atoms with Crippen molar-refractivity contribution in [3.8, 4) is 17.2 Å². The highest BCUT2D eigenvalue weighted by atomic mass is 16.5. The lowest BCUT2D eigenvalue weighted by molar-refractivity contribution is -0.127. The predicted molar refractivity (Wildman–Crippen MR) is 111 cm³/mol. The van der Waals surface area contributed by atoms with E-state index in [1.54, 1.807) is 41.3 Å². The molecule has 2 amide bonds. The van der Waals surface area contributed by atoms with Crippen LogP contribution in [0.1, 0.15) is 31.1 Å². The van der Waals surface area contributed by atoms with Crippen LogP contribution in [0.4, 0.5) is 11.4 Å². The molecule has 29 heavy (non-hydrogen) atoms. The Balaban J connectivity index is 1.88. The highest BCUT2D eigenvalue weighted by molar-refractivity contribution is 6.05. The third-order valence-electron chi connectivity index (χ3n) is 4.85. The van der Waals surface area contributed by atoms with Gasteiger partial charge in [0.1, 0.15) is 23.9 Å². The number of amides is 2. The minimum atomic E-state index is -0.629. The topological polar surface area (TPSA) is 77.1 Å². The van der Waals surface area contributed by atoms with E-state index in [1.807, 2.05) is 20.8 Å². The summed E-state index contributed by atoms with van der Waals surface area (Å²) in [5.41, 5.74) is 1.04. The maximum Gasteiger partial charge on any atom is 0.255 e. The molecule has 0 aromatic heterocycles. The van der Waals surface area contributed by atoms with Crippen molar-refractivity contribution < 1.29 is 23.8 Å². The molecule has 2 aromatic rings. The van der Waals surface area contributed by atoms with Gasteiger partial charge in [-0.25, -0.2) is 0 Å². The van der Waals surface area contributed by atoms with Gasteiger partial charge in [-0.3, -0.25) is 9.59 Å². The van der Waals surface area contributed by atoms with Gasteiger partial charge in [0.25, 0.3) is 5.91 Å². The maximum atomic E-state index is 12.8. The molecule has 1 N–H and O–H groups in total. The Kier molecular flexibility index (Phi) is 5.68. The molecule has 2 aromatic carbocycles. The molecule has 0 aliphatic carbocycles. The second-order valence-corrected chi connectivity index (χ2v) is 7.46. The van der Waals surface area contributed by atoms with E-state index < -0.39 is 5.41 Å². The molecule has 1 aliphatic heterocycles. The number of carbonyl (C=O) groups excluding carboxylic acids is 2. The Morgan fingerprint density at radius 2 is 1.79 bits per heavy atom. The Morgan fingerprint density at radius 1 is 1.14 bits per heavy atom. The van der Waals surface area contributed by atoms with E-state index in [2.05, 4.69) is 5.32 Å². The van der Waals surface area contributed by atoms with Gasteiger partial charge >= 0.3 is 0 Å². The molecule has 0 saturated heterocycles. The first-order chi connectivity index (χ1) is 13.8. The fraction of sp³-hybridized carbons (Fsp3) is 0.364. The van der Waals surface area contributed by atoms with Crippen molar-refractivity contribution in [2.45, 2.75) is 20.8 Å². The van der Waals surface area contributed by atoms with E-state index >= 15 is 0 Å². The summed E-state index contributed by atoms with van der Waals surface area (Å²) in [6.45, 7) is 6.45. The number of ether oxygens (including phenoxy) is 3. The van der Waals surface area contributed by atoms with Crippen LogP contribution in [0, 0.1) is 5.41 Å². The van der Waals surface area contributed by atoms with Crippen LogP contribution in [0.2, 0.25) is 0 Å². The fourth-order valence-electron chi connectivity index (χ4n) is 3.18. The van der Waals surface area contributed by atoms with Crippen LogP contribution in [0.25, 0.3) is 0 Å². The van der Waals surface area contributed by atoms with E-state index in [9.17, 15) is 9.59 Å². The lowest BCUT2D eigenvalue weighted by atomic mass is 9.93. The molecule has 0 spiro atoms. The van der Waals surface area contributed by atoms with Gasteiger partial charge in [-0.2, -0.15) is 0 Å². The van der Waals surface area contributed by atoms with Crippen LogP contribution in [0.5, 0.6) is 17.2 Å². The standard InChI is InChI=1S/C22H26N2O5/c1-6-24-18-8-7-15(11-19(18)29-13-22(2,3)21(24)26)23-20(25)14-9-16(27-4)12-17(10-14)28-5/h7-12H,6,13H2,1-5H3,(H,23,25). The molecule has 154 valence electrons. The van der Waals surface area contributed by atoms with Crippen molar-refractivity contribution in [2.75, 3.05) is 37.6 Å². The SMILES string of the molecule is CCN1C(=O)C(C)(C)COc2cc(NC(=O)c3cc(OC)cc(OC)c3)ccc21. The molecule has 7 heteroatoms. The number of rotatable bonds is 5. The lowest BCUT2D eigenvalue weighted by Gasteiger charge is -2.26. The summed E-state index contributed by atoms with van der Waals surface area (Å²) in [6, 6.07) is 10.3. The Morgan fingerprint density at radius 3 is 2.38 bits per heavy atom. The van der Waals surface area contributed by atoms with Crippen LogP contribution in [-0.2, 0) is 4.79 Å². The number of nitrogens with zero attached hydrogens (tertiary/aromatic N) is 1. The monoisotopic (exact) mass is 398 g/mol. The Labute approximate surface area is 170 Å². The number of hydrogen-bond donors (Lipinski definition) is 1. The van der Waals surface area contributed by atoms with Gasteiger partial charge in [0.2, 0.25) is 5.91 Å². The number of hydrogen-bond acceptors (Lipinski definition) is 5. The minimum Gasteiger partial charge on any atom is -0.497 e. The van der Waals surface area contributed by atoms with Crippen molar-refractivity contribution in [1.29, 1.82) is 0 Å². The summed E-state index contributed by atoms with van der Waals surface area (Å²) in [5.74, 6) is 1.32. The molecule has 0 atom stereocenters. The summed E-state index contributed by atoms with van der Waals surface area (Å²) in [7, 11) is 3.06. The van der Waals surface area contributed by atoms with Crippen LogP contribution >= 0.6 is 0 Å². The van der Waals surface area contributed by atoms with E-state index in [0.717, 1.165) is 0 Å². The Hall–Kier alpha value is -3.22. The highest BCUT2D eigenvalue weighted by Gasteiger charge is 2.37. The van der Waals surface area contributed by atoms with Gasteiger partial charge < -0.3 is 24.4 Å². The predicted octanol–water partition coefficient (Wildman–Crippen LogP) is 3.73. The van der Waals surface area contributed by atoms with Gasteiger partial charge in [0.15, 0.2) is 0 Å². The average Bonchev–Trinajstić information content (AvgIpc) is 2.81. The van der Waals surface area contributed by atoms with Crippen molar-refractivity contribution in [1.82, 2.24) is 0 Å². The van der Waals surface area contributed by atoms with E-state index in [1.165, 1.54) is 14.2 Å². The van der Waals surface area contributed by atoms with Crippen molar-refractivity contribution in [2.24, 2.45) is 5.41 Å². The summed E-state index contributed by atoms with van der Waals surface area (Å²) in [6.07, 6.45) is 0. The first-order valence-electron chi connectivity index (χ1n) is 9.42. The third kappa shape index (κ3) is 4.13. The fourth-order valence-corrected chi connectivity index (χ4v) is 3.18. The number of methoxy groups -OCH3 is 2. The number of benzene rings is 2. The van der Waals surface area contributed by atoms with Crippen LogP contribution in [0.3, 0.4) is 0 Å². The second-order valence-electron chi connectivity index (χ2n) is 7.46. The Bertz CT molecular complexity index is 917. The largest absolute Gasteiger partial charge is 0.497 e. The zero-order chi connectivity index (χ0) is 21.2. The molecule has 1 aliphatic rings. The molecule has 1 heterocycles. The van der Waals surface area contributed by atoms with Crippen molar-refractivity contribution in [3.63, 3.8) is 0 Å². The maximum absolute atomic E-state index is 12.8. The zero-order valence-electron chi connectivity index (χ0n) is 17.4. The number of carbonyl (C=O) groups is 2. The summed E-state index contributed by atoms with van der Waals surface area (Å²) >= 11 is 0. The molecule has 0 unspecified atom stereocenters. The second kappa shape index (κ2) is 8.03. The molecule has 0 bridgehead atoms. The highest BCUT2D eigenvalue weighted by Crippen LogP contribution is 2.38. The van der Waals surface area contributed by atoms with E-state index in [4.69, 9.17) is 14.2 Å². The van der Waals surface area contributed by atoms with Crippen LogP contribution in [0.15, 0.2) is 36.4 Å². The van der Waals surface area contributed by atoms with Gasteiger partial charge in [-0.05, 0) is 45.0 Å². The molecule has 7 nitrogen and oxygen atoms in total. The molecular formula is C22H26N2O5. The number of anilines is 2. The molecule has 0 radical (unpaired) electrons. The number of nitrogens with one attached hydrogen (secondary N) is 1. The normalized spacial score (nSPS) is 15.1. The average molecular weight is 398 g/mol. The van der Waals surface area contributed by atoms with Gasteiger partial charge in [0, 0.05) is 29.9 Å². The quantitative estimate of drug-likeness (QED) is 0.831. The first kappa shape index (κ1) is 20.5. The number of fused-ring (bicyclic) bond motifs is 1. The molecular weight excluding hydrogens is 372 g/mol. The third-order valence-corrected chi connectivity index (χ3v) is 4.85. The lowest BCUT2D eigenvalue weighted by Crippen LogP contribution is -2.42. The first-order valence-corrected chi connectivity index (χ1v) is 9.42. The molecule has 0 fully saturated rings. The zero-order valence-corrected chi connectivity index (χ0v) is 17.4. The van der Waals surface area contributed by atoms with Crippen molar-refractivity contribution in [3.05, 3.63) is 42.0 Å². The van der Waals surface area contributed by atoms with E-state index in [-0.39, 0.29) is 18.4 Å². The van der Waals surface area contributed by atoms with Gasteiger partial charge in [0.05, 0.1) is 25.3 Å². The summed E-state index contributed by atoms with van der Waals surface area (Å²) < 4.78 is 16.4. The molecule has 0 saturated carbocycles. The van der Waals surface area contributed by atoms with Crippen LogP contribution < -0.4 is 24.4 Å². The summed E-state index contributed by atoms with van der Waals surface area (Å²) in [5, 5.41) is 2.86. The van der Waals surface area contributed by atoms with Crippen LogP contribution in [-0.4, -0.2) is 39.2 Å². The van der Waals surface area contributed by atoms with Gasteiger partial charge in [-0.15, -0.1) is 0 Å². The minimum absolute atomic E-state index is 0.0130. The van der Waals surface area contributed by atoms with Gasteiger partial charge in [-0.1, -0.05) is 0 Å². The summed E-state index contributed by atoms with van der Waals surface area (Å²) in [4.78, 5) is 27.2. The van der Waals surface area contributed by atoms with E-state index in [0.29, 0.717) is 40.7 Å². The molecule has 3 rings (SSSR count). The smallest absolute Gasteiger partial charge is 0.255 e.